The van der Waals surface area contributed by atoms with Crippen molar-refractivity contribution in [3.8, 4) is 0 Å². The zero-order valence-electron chi connectivity index (χ0n) is 9.15. The van der Waals surface area contributed by atoms with E-state index in [0.29, 0.717) is 26.3 Å². The zero-order chi connectivity index (χ0) is 11.1. The highest BCUT2D eigenvalue weighted by atomic mass is 16.5. The first kappa shape index (κ1) is 12.4. The van der Waals surface area contributed by atoms with E-state index in [4.69, 9.17) is 14.6 Å². The average molecular weight is 217 g/mol. The summed E-state index contributed by atoms with van der Waals surface area (Å²) >= 11 is 0. The Morgan fingerprint density at radius 2 is 2.40 bits per heavy atom. The fourth-order valence-electron chi connectivity index (χ4n) is 1.63. The molecule has 1 aliphatic rings. The van der Waals surface area contributed by atoms with Gasteiger partial charge in [-0.3, -0.25) is 4.79 Å². The van der Waals surface area contributed by atoms with Crippen LogP contribution in [0.3, 0.4) is 0 Å². The molecule has 1 amide bonds. The largest absolute Gasteiger partial charge is 0.395 e. The normalized spacial score (nSPS) is 20.5. The monoisotopic (exact) mass is 217 g/mol. The summed E-state index contributed by atoms with van der Waals surface area (Å²) in [6.45, 7) is 1.98. The van der Waals surface area contributed by atoms with Crippen LogP contribution in [-0.4, -0.2) is 62.0 Å². The molecule has 5 heteroatoms. The van der Waals surface area contributed by atoms with E-state index < -0.39 is 0 Å². The summed E-state index contributed by atoms with van der Waals surface area (Å²) in [5.41, 5.74) is 0. The molecule has 0 unspecified atom stereocenters. The predicted molar refractivity (Wildman–Crippen MR) is 54.5 cm³/mol. The van der Waals surface area contributed by atoms with Gasteiger partial charge in [0, 0.05) is 26.8 Å². The van der Waals surface area contributed by atoms with Crippen LogP contribution in [0.2, 0.25) is 0 Å². The molecule has 0 spiro atoms. The second-order valence-electron chi connectivity index (χ2n) is 3.54. The Bertz CT molecular complexity index is 192. The second kappa shape index (κ2) is 6.76. The Balaban J connectivity index is 2.41. The SMILES string of the molecule is COCCN(CCO)C(=O)[C@H]1CCCO1. The average Bonchev–Trinajstić information content (AvgIpc) is 2.76. The van der Waals surface area contributed by atoms with E-state index >= 15 is 0 Å². The van der Waals surface area contributed by atoms with E-state index in [1.54, 1.807) is 12.0 Å². The highest BCUT2D eigenvalue weighted by Crippen LogP contribution is 2.14. The fourth-order valence-corrected chi connectivity index (χ4v) is 1.63. The molecule has 1 rings (SSSR count). The van der Waals surface area contributed by atoms with Crippen molar-refractivity contribution in [2.45, 2.75) is 18.9 Å². The predicted octanol–water partition coefficient (Wildman–Crippen LogP) is -0.367. The standard InChI is InChI=1S/C10H19NO4/c1-14-8-5-11(4-6-12)10(13)9-3-2-7-15-9/h9,12H,2-8H2,1H3/t9-/m1/s1. The van der Waals surface area contributed by atoms with Crippen molar-refractivity contribution < 1.29 is 19.4 Å². The van der Waals surface area contributed by atoms with Crippen LogP contribution in [0.25, 0.3) is 0 Å². The number of carbonyl (C=O) groups excluding carboxylic acids is 1. The van der Waals surface area contributed by atoms with Crippen molar-refractivity contribution in [3.05, 3.63) is 0 Å². The third kappa shape index (κ3) is 3.77. The first-order chi connectivity index (χ1) is 7.29. The number of aliphatic hydroxyl groups is 1. The molecule has 5 nitrogen and oxygen atoms in total. The summed E-state index contributed by atoms with van der Waals surface area (Å²) in [4.78, 5) is 13.5. The lowest BCUT2D eigenvalue weighted by atomic mass is 10.2. The molecule has 1 atom stereocenters. The molecule has 88 valence electrons. The van der Waals surface area contributed by atoms with Crippen molar-refractivity contribution in [2.24, 2.45) is 0 Å². The topological polar surface area (TPSA) is 59.0 Å². The van der Waals surface area contributed by atoms with Gasteiger partial charge in [0.05, 0.1) is 13.2 Å². The van der Waals surface area contributed by atoms with Crippen LogP contribution >= 0.6 is 0 Å². The third-order valence-electron chi connectivity index (χ3n) is 2.45. The van der Waals surface area contributed by atoms with Gasteiger partial charge in [0.25, 0.3) is 5.91 Å². The Labute approximate surface area is 90.0 Å². The first-order valence-corrected chi connectivity index (χ1v) is 5.29. The minimum atomic E-state index is -0.312. The molecule has 1 heterocycles. The van der Waals surface area contributed by atoms with Crippen LogP contribution in [0.15, 0.2) is 0 Å². The Morgan fingerprint density at radius 1 is 1.60 bits per heavy atom. The molecule has 0 aromatic heterocycles. The van der Waals surface area contributed by atoms with Crippen molar-refractivity contribution in [2.75, 3.05) is 40.0 Å². The van der Waals surface area contributed by atoms with Crippen LogP contribution in [0, 0.1) is 0 Å². The molecule has 0 aromatic carbocycles. The van der Waals surface area contributed by atoms with Gasteiger partial charge < -0.3 is 19.5 Å². The van der Waals surface area contributed by atoms with E-state index in [1.165, 1.54) is 0 Å². The molecule has 1 aliphatic heterocycles. The van der Waals surface area contributed by atoms with Gasteiger partial charge >= 0.3 is 0 Å². The van der Waals surface area contributed by atoms with E-state index in [1.807, 2.05) is 0 Å². The van der Waals surface area contributed by atoms with Crippen molar-refractivity contribution in [3.63, 3.8) is 0 Å². The van der Waals surface area contributed by atoms with Gasteiger partial charge in [-0.05, 0) is 12.8 Å². The summed E-state index contributed by atoms with van der Waals surface area (Å²) in [6.07, 6.45) is 1.41. The van der Waals surface area contributed by atoms with Crippen molar-refractivity contribution in [1.82, 2.24) is 4.90 Å². The van der Waals surface area contributed by atoms with Crippen molar-refractivity contribution >= 4 is 5.91 Å². The Morgan fingerprint density at radius 3 is 2.93 bits per heavy atom. The molecule has 15 heavy (non-hydrogen) atoms. The first-order valence-electron chi connectivity index (χ1n) is 5.29. The number of hydrogen-bond donors (Lipinski definition) is 1. The number of carbonyl (C=O) groups is 1. The van der Waals surface area contributed by atoms with Gasteiger partial charge in [0.15, 0.2) is 0 Å². The maximum atomic E-state index is 11.9. The summed E-state index contributed by atoms with van der Waals surface area (Å²) in [7, 11) is 1.59. The van der Waals surface area contributed by atoms with E-state index in [2.05, 4.69) is 0 Å². The highest BCUT2D eigenvalue weighted by Gasteiger charge is 2.27. The summed E-state index contributed by atoms with van der Waals surface area (Å²) in [5.74, 6) is -0.0291. The van der Waals surface area contributed by atoms with Crippen LogP contribution in [0.4, 0.5) is 0 Å². The Kier molecular flexibility index (Phi) is 5.60. The van der Waals surface area contributed by atoms with Gasteiger partial charge in [-0.25, -0.2) is 0 Å². The van der Waals surface area contributed by atoms with E-state index in [-0.39, 0.29) is 18.6 Å². The summed E-state index contributed by atoms with van der Waals surface area (Å²) < 4.78 is 10.2. The molecular weight excluding hydrogens is 198 g/mol. The number of hydrogen-bond acceptors (Lipinski definition) is 4. The third-order valence-corrected chi connectivity index (χ3v) is 2.45. The molecule has 0 aromatic rings. The highest BCUT2D eigenvalue weighted by molar-refractivity contribution is 5.81. The van der Waals surface area contributed by atoms with Gasteiger partial charge in [-0.1, -0.05) is 0 Å². The lowest BCUT2D eigenvalue weighted by Crippen LogP contribution is -2.42. The quantitative estimate of drug-likeness (QED) is 0.659. The zero-order valence-corrected chi connectivity index (χ0v) is 9.15. The molecule has 1 N–H and O–H groups in total. The van der Waals surface area contributed by atoms with Crippen molar-refractivity contribution in [1.29, 1.82) is 0 Å². The van der Waals surface area contributed by atoms with Gasteiger partial charge in [-0.15, -0.1) is 0 Å². The number of rotatable bonds is 6. The van der Waals surface area contributed by atoms with Gasteiger partial charge in [0.1, 0.15) is 6.10 Å². The minimum Gasteiger partial charge on any atom is -0.395 e. The van der Waals surface area contributed by atoms with Crippen LogP contribution < -0.4 is 0 Å². The smallest absolute Gasteiger partial charge is 0.251 e. The number of aliphatic hydroxyl groups excluding tert-OH is 1. The summed E-state index contributed by atoms with van der Waals surface area (Å²) in [6, 6.07) is 0. The molecule has 0 aliphatic carbocycles. The van der Waals surface area contributed by atoms with Crippen LogP contribution in [-0.2, 0) is 14.3 Å². The molecule has 1 fully saturated rings. The Hall–Kier alpha value is -0.650. The number of methoxy groups -OCH3 is 1. The van der Waals surface area contributed by atoms with Crippen LogP contribution in [0.1, 0.15) is 12.8 Å². The number of ether oxygens (including phenoxy) is 2. The minimum absolute atomic E-state index is 0.0256. The van der Waals surface area contributed by atoms with E-state index in [0.717, 1.165) is 12.8 Å². The lowest BCUT2D eigenvalue weighted by molar-refractivity contribution is -0.142. The molecule has 1 saturated heterocycles. The fraction of sp³-hybridized carbons (Fsp3) is 0.900. The molecule has 0 bridgehead atoms. The second-order valence-corrected chi connectivity index (χ2v) is 3.54. The summed E-state index contributed by atoms with van der Waals surface area (Å²) in [5, 5.41) is 8.85. The maximum absolute atomic E-state index is 11.9. The lowest BCUT2D eigenvalue weighted by Gasteiger charge is -2.24. The number of amides is 1. The van der Waals surface area contributed by atoms with E-state index in [9.17, 15) is 4.79 Å². The van der Waals surface area contributed by atoms with Gasteiger partial charge in [-0.2, -0.15) is 0 Å². The molecule has 0 radical (unpaired) electrons. The maximum Gasteiger partial charge on any atom is 0.251 e. The van der Waals surface area contributed by atoms with Gasteiger partial charge in [0.2, 0.25) is 0 Å². The van der Waals surface area contributed by atoms with Crippen LogP contribution in [0.5, 0.6) is 0 Å². The molecular formula is C10H19NO4. The molecule has 0 saturated carbocycles. The number of nitrogens with zero attached hydrogens (tertiary/aromatic N) is 1.